The normalized spacial score (nSPS) is 11.1. The number of benzene rings is 4. The third-order valence-electron chi connectivity index (χ3n) is 5.80. The fourth-order valence-electron chi connectivity index (χ4n) is 4.10. The van der Waals surface area contributed by atoms with Crippen LogP contribution in [0.3, 0.4) is 0 Å². The number of hydrogen-bond acceptors (Lipinski definition) is 5. The molecule has 0 aliphatic carbocycles. The maximum Gasteiger partial charge on any atom is 0.214 e. The lowest BCUT2D eigenvalue weighted by Gasteiger charge is -2.03. The Balaban J connectivity index is 0.000000139. The minimum Gasteiger partial charge on any atom is -0.399 e. The van der Waals surface area contributed by atoms with Gasteiger partial charge in [0.15, 0.2) is 0 Å². The zero-order valence-corrected chi connectivity index (χ0v) is 18.3. The smallest absolute Gasteiger partial charge is 0.214 e. The van der Waals surface area contributed by atoms with Crippen LogP contribution in [-0.4, -0.2) is 4.98 Å². The Morgan fingerprint density at radius 2 is 0.848 bits per heavy atom. The van der Waals surface area contributed by atoms with E-state index in [4.69, 9.17) is 22.9 Å². The van der Waals surface area contributed by atoms with Crippen LogP contribution < -0.4 is 27.5 Å². The van der Waals surface area contributed by atoms with Gasteiger partial charge in [-0.1, -0.05) is 12.1 Å². The molecule has 0 aliphatic rings. The number of nitrogens with two attached hydrogens (primary N) is 4. The number of pyridine rings is 2. The average Bonchev–Trinajstić information content (AvgIpc) is 2.79. The summed E-state index contributed by atoms with van der Waals surface area (Å²) in [6, 6.07) is 27.6. The number of anilines is 4. The van der Waals surface area contributed by atoms with Crippen molar-refractivity contribution >= 4 is 66.4 Å². The number of nitrogens with zero attached hydrogens (tertiary/aromatic N) is 2. The quantitative estimate of drug-likeness (QED) is 0.159. The first kappa shape index (κ1) is 20.3. The zero-order valence-electron chi connectivity index (χ0n) is 18.3. The van der Waals surface area contributed by atoms with E-state index in [0.717, 1.165) is 55.6 Å². The number of rotatable bonds is 0. The van der Waals surface area contributed by atoms with Gasteiger partial charge in [0.2, 0.25) is 11.0 Å². The molecule has 0 atom stereocenters. The minimum absolute atomic E-state index is 0.725. The molecule has 33 heavy (non-hydrogen) atoms. The van der Waals surface area contributed by atoms with E-state index in [2.05, 4.69) is 21.7 Å². The number of nitrogen functional groups attached to an aromatic ring is 4. The highest BCUT2D eigenvalue weighted by Crippen LogP contribution is 2.23. The van der Waals surface area contributed by atoms with Gasteiger partial charge in [-0.2, -0.15) is 4.57 Å². The van der Waals surface area contributed by atoms with Crippen molar-refractivity contribution in [3.8, 4) is 0 Å². The van der Waals surface area contributed by atoms with Crippen LogP contribution in [0.4, 0.5) is 22.7 Å². The second-order valence-electron chi connectivity index (χ2n) is 8.23. The van der Waals surface area contributed by atoms with Gasteiger partial charge in [0.1, 0.15) is 7.05 Å². The molecule has 4 aromatic carbocycles. The van der Waals surface area contributed by atoms with Crippen LogP contribution in [0.2, 0.25) is 0 Å². The van der Waals surface area contributed by atoms with Crippen LogP contribution in [0, 0.1) is 0 Å². The summed E-state index contributed by atoms with van der Waals surface area (Å²) in [5.74, 6) is 0. The molecule has 2 aromatic heterocycles. The molecule has 0 aliphatic heterocycles. The topological polar surface area (TPSA) is 121 Å². The van der Waals surface area contributed by atoms with Crippen molar-refractivity contribution in [1.82, 2.24) is 4.98 Å². The lowest BCUT2D eigenvalue weighted by molar-refractivity contribution is -0.617. The maximum atomic E-state index is 5.83. The van der Waals surface area contributed by atoms with E-state index in [1.807, 2.05) is 79.8 Å². The van der Waals surface area contributed by atoms with E-state index in [1.54, 1.807) is 0 Å². The summed E-state index contributed by atoms with van der Waals surface area (Å²) in [5.41, 5.74) is 30.2. The minimum atomic E-state index is 0.725. The van der Waals surface area contributed by atoms with E-state index in [0.29, 0.717) is 0 Å². The molecule has 0 unspecified atom stereocenters. The van der Waals surface area contributed by atoms with Crippen LogP contribution in [0.1, 0.15) is 0 Å². The van der Waals surface area contributed by atoms with E-state index in [-0.39, 0.29) is 0 Å². The fraction of sp³-hybridized carbons (Fsp3) is 0.0370. The molecule has 0 fully saturated rings. The van der Waals surface area contributed by atoms with Crippen LogP contribution in [0.5, 0.6) is 0 Å². The molecule has 0 spiro atoms. The third kappa shape index (κ3) is 3.90. The molecule has 2 heterocycles. The Kier molecular flexibility index (Phi) is 4.83. The predicted molar refractivity (Wildman–Crippen MR) is 140 cm³/mol. The highest BCUT2D eigenvalue weighted by molar-refractivity contribution is 5.95. The molecule has 8 N–H and O–H groups in total. The number of fused-ring (bicyclic) bond motifs is 4. The Hall–Kier alpha value is -4.58. The van der Waals surface area contributed by atoms with Crippen molar-refractivity contribution in [3.05, 3.63) is 84.9 Å². The van der Waals surface area contributed by atoms with Crippen LogP contribution in [-0.2, 0) is 7.05 Å². The molecule has 162 valence electrons. The molecule has 0 saturated carbocycles. The maximum absolute atomic E-state index is 5.83. The lowest BCUT2D eigenvalue weighted by atomic mass is 10.1. The first-order valence-corrected chi connectivity index (χ1v) is 10.6. The summed E-state index contributed by atoms with van der Waals surface area (Å²) >= 11 is 0. The van der Waals surface area contributed by atoms with Crippen LogP contribution in [0.15, 0.2) is 84.9 Å². The van der Waals surface area contributed by atoms with Gasteiger partial charge < -0.3 is 22.9 Å². The van der Waals surface area contributed by atoms with Gasteiger partial charge in [-0.15, -0.1) is 0 Å². The molecule has 0 amide bonds. The Morgan fingerprint density at radius 3 is 1.30 bits per heavy atom. The summed E-state index contributed by atoms with van der Waals surface area (Å²) < 4.78 is 2.12. The van der Waals surface area contributed by atoms with E-state index >= 15 is 0 Å². The molecule has 0 bridgehead atoms. The van der Waals surface area contributed by atoms with Crippen molar-refractivity contribution in [3.63, 3.8) is 0 Å². The first-order chi connectivity index (χ1) is 15.9. The van der Waals surface area contributed by atoms with Gasteiger partial charge in [0.25, 0.3) is 0 Å². The number of aromatic nitrogens is 2. The predicted octanol–water partition coefficient (Wildman–Crippen LogP) is 4.53. The molecule has 6 heteroatoms. The number of hydrogen-bond donors (Lipinski definition) is 4. The Bertz CT molecular complexity index is 1560. The zero-order chi connectivity index (χ0) is 23.1. The van der Waals surface area contributed by atoms with Gasteiger partial charge in [0.05, 0.1) is 11.0 Å². The average molecular weight is 434 g/mol. The molecule has 6 nitrogen and oxygen atoms in total. The molecule has 6 aromatic rings. The van der Waals surface area contributed by atoms with Crippen molar-refractivity contribution in [2.45, 2.75) is 0 Å². The van der Waals surface area contributed by atoms with Crippen molar-refractivity contribution in [2.75, 3.05) is 22.9 Å². The SMILES string of the molecule is C[n+]1c2cc(N)ccc2cc2ccc(N)cc21.Nc1ccc2cc3ccc(N)cc3nc2c1. The van der Waals surface area contributed by atoms with Gasteiger partial charge in [-0.3, -0.25) is 0 Å². The van der Waals surface area contributed by atoms with Gasteiger partial charge in [0, 0.05) is 56.4 Å². The van der Waals surface area contributed by atoms with E-state index in [9.17, 15) is 0 Å². The highest BCUT2D eigenvalue weighted by atomic mass is 14.9. The van der Waals surface area contributed by atoms with Crippen molar-refractivity contribution in [1.29, 1.82) is 0 Å². The standard InChI is InChI=1S/C14H13N3.C13H11N3/c1-17-13-7-11(15)4-2-9(13)6-10-3-5-12(16)8-14(10)17;14-10-3-1-8-5-9-2-4-11(15)7-13(9)16-12(8)6-10/h2-8H,1H3,(H3,15,16);1-7H,14-15H2/p+1. The molecule has 0 saturated heterocycles. The monoisotopic (exact) mass is 433 g/mol. The van der Waals surface area contributed by atoms with Crippen LogP contribution >= 0.6 is 0 Å². The molecule has 6 rings (SSSR count). The van der Waals surface area contributed by atoms with E-state index in [1.165, 1.54) is 10.8 Å². The molecular formula is C27H25N6+. The summed E-state index contributed by atoms with van der Waals surface area (Å²) in [6.07, 6.45) is 0. The third-order valence-corrected chi connectivity index (χ3v) is 5.80. The summed E-state index contributed by atoms with van der Waals surface area (Å²) in [5, 5.41) is 4.54. The second-order valence-corrected chi connectivity index (χ2v) is 8.23. The van der Waals surface area contributed by atoms with E-state index < -0.39 is 0 Å². The van der Waals surface area contributed by atoms with Gasteiger partial charge >= 0.3 is 0 Å². The Labute approximate surface area is 191 Å². The van der Waals surface area contributed by atoms with Crippen LogP contribution in [0.25, 0.3) is 43.6 Å². The summed E-state index contributed by atoms with van der Waals surface area (Å²) in [6.45, 7) is 0. The lowest BCUT2D eigenvalue weighted by Crippen LogP contribution is -2.30. The largest absolute Gasteiger partial charge is 0.399 e. The summed E-state index contributed by atoms with van der Waals surface area (Å²) in [7, 11) is 2.03. The molecular weight excluding hydrogens is 408 g/mol. The number of aryl methyl sites for hydroxylation is 1. The fourth-order valence-corrected chi connectivity index (χ4v) is 4.10. The highest BCUT2D eigenvalue weighted by Gasteiger charge is 2.11. The Morgan fingerprint density at radius 1 is 0.485 bits per heavy atom. The van der Waals surface area contributed by atoms with Crippen molar-refractivity contribution < 1.29 is 4.57 Å². The summed E-state index contributed by atoms with van der Waals surface area (Å²) in [4.78, 5) is 4.54. The van der Waals surface area contributed by atoms with Crippen molar-refractivity contribution in [2.24, 2.45) is 7.05 Å². The second kappa shape index (κ2) is 7.84. The molecule has 0 radical (unpaired) electrons. The van der Waals surface area contributed by atoms with Gasteiger partial charge in [-0.05, 0) is 60.7 Å². The first-order valence-electron chi connectivity index (χ1n) is 10.6. The van der Waals surface area contributed by atoms with Gasteiger partial charge in [-0.25, -0.2) is 4.98 Å².